The minimum absolute atomic E-state index is 0.0310. The van der Waals surface area contributed by atoms with Gasteiger partial charge in [0.15, 0.2) is 6.61 Å². The Labute approximate surface area is 161 Å². The Balaban J connectivity index is 1.59. The quantitative estimate of drug-likeness (QED) is 0.588. The molecule has 1 aromatic carbocycles. The minimum atomic E-state index is -0.558. The van der Waals surface area contributed by atoms with E-state index in [0.29, 0.717) is 37.2 Å². The van der Waals surface area contributed by atoms with Gasteiger partial charge in [0.25, 0.3) is 5.91 Å². The van der Waals surface area contributed by atoms with Crippen molar-refractivity contribution in [2.45, 2.75) is 19.4 Å². The van der Waals surface area contributed by atoms with Crippen molar-refractivity contribution in [3.8, 4) is 0 Å². The van der Waals surface area contributed by atoms with Crippen LogP contribution in [-0.2, 0) is 27.3 Å². The first-order chi connectivity index (χ1) is 13.1. The molecule has 1 N–H and O–H groups in total. The van der Waals surface area contributed by atoms with Crippen LogP contribution in [0.5, 0.6) is 0 Å². The lowest BCUT2D eigenvalue weighted by atomic mass is 10.0. The lowest BCUT2D eigenvalue weighted by Gasteiger charge is -2.20. The van der Waals surface area contributed by atoms with Gasteiger partial charge in [-0.1, -0.05) is 12.1 Å². The van der Waals surface area contributed by atoms with Crippen LogP contribution in [0, 0.1) is 0 Å². The molecule has 1 aliphatic rings. The molecule has 0 radical (unpaired) electrons. The van der Waals surface area contributed by atoms with Crippen LogP contribution in [0.1, 0.15) is 27.2 Å². The number of carbonyl (C=O) groups is 3. The predicted molar refractivity (Wildman–Crippen MR) is 104 cm³/mol. The molecule has 0 aliphatic carbocycles. The van der Waals surface area contributed by atoms with Crippen LogP contribution in [0.15, 0.2) is 48.4 Å². The number of anilines is 1. The fourth-order valence-electron chi connectivity index (χ4n) is 2.81. The third-order valence-electron chi connectivity index (χ3n) is 4.19. The lowest BCUT2D eigenvalue weighted by molar-refractivity contribution is -0.134. The van der Waals surface area contributed by atoms with Crippen LogP contribution in [-0.4, -0.2) is 35.8 Å². The highest BCUT2D eigenvalue weighted by Gasteiger charge is 2.19. The average molecular weight is 384 g/mol. The Morgan fingerprint density at radius 2 is 2.15 bits per heavy atom. The highest BCUT2D eigenvalue weighted by Crippen LogP contribution is 2.24. The SMILES string of the molecule is C=CCN(Cc1cccs1)C(=O)COC(=O)c1ccc2c(c1)CCC(=O)N2. The van der Waals surface area contributed by atoms with Crippen molar-refractivity contribution in [2.24, 2.45) is 0 Å². The summed E-state index contributed by atoms with van der Waals surface area (Å²) in [7, 11) is 0. The Morgan fingerprint density at radius 3 is 2.89 bits per heavy atom. The normalized spacial score (nSPS) is 12.7. The first kappa shape index (κ1) is 18.8. The number of ether oxygens (including phenoxy) is 1. The number of nitrogens with zero attached hydrogens (tertiary/aromatic N) is 1. The number of amides is 2. The monoisotopic (exact) mass is 384 g/mol. The van der Waals surface area contributed by atoms with Gasteiger partial charge >= 0.3 is 5.97 Å². The number of thiophene rings is 1. The maximum atomic E-state index is 12.4. The van der Waals surface area contributed by atoms with E-state index in [-0.39, 0.29) is 18.4 Å². The second-order valence-corrected chi connectivity index (χ2v) is 7.17. The fourth-order valence-corrected chi connectivity index (χ4v) is 3.53. The number of benzene rings is 1. The van der Waals surface area contributed by atoms with Gasteiger partial charge in [-0.05, 0) is 41.6 Å². The van der Waals surface area contributed by atoms with Crippen molar-refractivity contribution in [1.82, 2.24) is 4.90 Å². The molecule has 140 valence electrons. The average Bonchev–Trinajstić information content (AvgIpc) is 3.18. The van der Waals surface area contributed by atoms with Crippen LogP contribution in [0.2, 0.25) is 0 Å². The third-order valence-corrected chi connectivity index (χ3v) is 5.05. The van der Waals surface area contributed by atoms with Crippen molar-refractivity contribution in [3.63, 3.8) is 0 Å². The predicted octanol–water partition coefficient (Wildman–Crippen LogP) is 3.00. The maximum Gasteiger partial charge on any atom is 0.338 e. The van der Waals surface area contributed by atoms with Gasteiger partial charge in [-0.15, -0.1) is 17.9 Å². The Bertz CT molecular complexity index is 861. The van der Waals surface area contributed by atoms with Crippen LogP contribution in [0.25, 0.3) is 0 Å². The summed E-state index contributed by atoms with van der Waals surface area (Å²) in [5.41, 5.74) is 1.97. The molecule has 0 saturated carbocycles. The summed E-state index contributed by atoms with van der Waals surface area (Å²) in [6, 6.07) is 8.85. The van der Waals surface area contributed by atoms with E-state index in [1.54, 1.807) is 40.5 Å². The molecule has 0 bridgehead atoms. The smallest absolute Gasteiger partial charge is 0.338 e. The van der Waals surface area contributed by atoms with Gasteiger partial charge in [0.2, 0.25) is 5.91 Å². The van der Waals surface area contributed by atoms with E-state index >= 15 is 0 Å². The highest BCUT2D eigenvalue weighted by atomic mass is 32.1. The summed E-state index contributed by atoms with van der Waals surface area (Å²) in [6.45, 7) is 4.18. The van der Waals surface area contributed by atoms with E-state index in [2.05, 4.69) is 11.9 Å². The molecule has 0 atom stereocenters. The van der Waals surface area contributed by atoms with Gasteiger partial charge in [-0.2, -0.15) is 0 Å². The molecule has 27 heavy (non-hydrogen) atoms. The zero-order valence-electron chi connectivity index (χ0n) is 14.8. The minimum Gasteiger partial charge on any atom is -0.452 e. The number of fused-ring (bicyclic) bond motifs is 1. The second kappa shape index (κ2) is 8.64. The van der Waals surface area contributed by atoms with Crippen molar-refractivity contribution in [3.05, 3.63) is 64.4 Å². The molecule has 0 fully saturated rings. The molecule has 2 aromatic rings. The lowest BCUT2D eigenvalue weighted by Crippen LogP contribution is -2.34. The number of carbonyl (C=O) groups excluding carboxylic acids is 3. The van der Waals surface area contributed by atoms with Crippen LogP contribution in [0.3, 0.4) is 0 Å². The number of rotatable bonds is 7. The molecule has 6 nitrogen and oxygen atoms in total. The first-order valence-corrected chi connectivity index (χ1v) is 9.45. The Morgan fingerprint density at radius 1 is 1.30 bits per heavy atom. The van der Waals surface area contributed by atoms with Gasteiger partial charge in [-0.25, -0.2) is 4.79 Å². The Hall–Kier alpha value is -2.93. The molecule has 0 unspecified atom stereocenters. The van der Waals surface area contributed by atoms with Crippen molar-refractivity contribution >= 4 is 34.8 Å². The highest BCUT2D eigenvalue weighted by molar-refractivity contribution is 7.09. The molecular formula is C20H20N2O4S. The number of nitrogens with one attached hydrogen (secondary N) is 1. The van der Waals surface area contributed by atoms with Crippen LogP contribution < -0.4 is 5.32 Å². The number of esters is 1. The summed E-state index contributed by atoms with van der Waals surface area (Å²) < 4.78 is 5.20. The zero-order chi connectivity index (χ0) is 19.2. The molecule has 1 aliphatic heterocycles. The summed E-state index contributed by atoms with van der Waals surface area (Å²) in [5.74, 6) is -0.865. The molecule has 0 saturated heterocycles. The largest absolute Gasteiger partial charge is 0.452 e. The van der Waals surface area contributed by atoms with Crippen LogP contribution >= 0.6 is 11.3 Å². The Kier molecular flexibility index (Phi) is 6.03. The van der Waals surface area contributed by atoms with Gasteiger partial charge in [-0.3, -0.25) is 9.59 Å². The molecule has 0 spiro atoms. The molecule has 3 rings (SSSR count). The summed E-state index contributed by atoms with van der Waals surface area (Å²) in [6.07, 6.45) is 2.61. The first-order valence-electron chi connectivity index (χ1n) is 8.58. The van der Waals surface area contributed by atoms with E-state index in [1.165, 1.54) is 0 Å². The molecule has 2 amide bonds. The molecule has 1 aromatic heterocycles. The third kappa shape index (κ3) is 4.83. The van der Waals surface area contributed by atoms with Crippen molar-refractivity contribution < 1.29 is 19.1 Å². The van der Waals surface area contributed by atoms with Gasteiger partial charge in [0, 0.05) is 23.5 Å². The van der Waals surface area contributed by atoms with Crippen LogP contribution in [0.4, 0.5) is 5.69 Å². The van der Waals surface area contributed by atoms with Crippen molar-refractivity contribution in [2.75, 3.05) is 18.5 Å². The van der Waals surface area contributed by atoms with E-state index in [9.17, 15) is 14.4 Å². The number of hydrogen-bond acceptors (Lipinski definition) is 5. The summed E-state index contributed by atoms with van der Waals surface area (Å²) in [5, 5.41) is 4.71. The van der Waals surface area contributed by atoms with E-state index in [1.807, 2.05) is 17.5 Å². The second-order valence-electron chi connectivity index (χ2n) is 6.14. The van der Waals surface area contributed by atoms with E-state index < -0.39 is 5.97 Å². The zero-order valence-corrected chi connectivity index (χ0v) is 15.6. The topological polar surface area (TPSA) is 75.7 Å². The molecule has 2 heterocycles. The number of hydrogen-bond donors (Lipinski definition) is 1. The van der Waals surface area contributed by atoms with Crippen molar-refractivity contribution in [1.29, 1.82) is 0 Å². The standard InChI is InChI=1S/C20H20N2O4S/c1-2-9-22(12-16-4-3-10-27-16)19(24)13-26-20(25)15-5-7-17-14(11-15)6-8-18(23)21-17/h2-5,7,10-11H,1,6,8-9,12-13H2,(H,21,23). The fraction of sp³-hybridized carbons (Fsp3) is 0.250. The number of aryl methyl sites for hydroxylation is 1. The van der Waals surface area contributed by atoms with E-state index in [0.717, 1.165) is 10.4 Å². The molecular weight excluding hydrogens is 364 g/mol. The van der Waals surface area contributed by atoms with Gasteiger partial charge < -0.3 is 15.0 Å². The van der Waals surface area contributed by atoms with Gasteiger partial charge in [0.1, 0.15) is 0 Å². The summed E-state index contributed by atoms with van der Waals surface area (Å²) in [4.78, 5) is 38.8. The molecule has 7 heteroatoms. The van der Waals surface area contributed by atoms with Gasteiger partial charge in [0.05, 0.1) is 12.1 Å². The summed E-state index contributed by atoms with van der Waals surface area (Å²) >= 11 is 1.56. The van der Waals surface area contributed by atoms with E-state index in [4.69, 9.17) is 4.74 Å². The maximum absolute atomic E-state index is 12.4.